The minimum Gasteiger partial charge on any atom is -0.241 e. The van der Waals surface area contributed by atoms with E-state index in [1.165, 1.54) is 11.3 Å². The zero-order valence-electron chi connectivity index (χ0n) is 9.45. The van der Waals surface area contributed by atoms with E-state index in [2.05, 4.69) is 11.1 Å². The molecular weight excluding hydrogens is 287 g/mol. The van der Waals surface area contributed by atoms with E-state index in [1.54, 1.807) is 24.3 Å². The van der Waals surface area contributed by atoms with Gasteiger partial charge in [-0.1, -0.05) is 29.3 Å². The highest BCUT2D eigenvalue weighted by Crippen LogP contribution is 2.29. The van der Waals surface area contributed by atoms with E-state index >= 15 is 0 Å². The Hall–Kier alpha value is -1.34. The van der Waals surface area contributed by atoms with Crippen LogP contribution in [0.1, 0.15) is 16.3 Å². The van der Waals surface area contributed by atoms with Gasteiger partial charge in [0.25, 0.3) is 0 Å². The van der Waals surface area contributed by atoms with Crippen LogP contribution in [-0.4, -0.2) is 4.98 Å². The Labute approximate surface area is 119 Å². The van der Waals surface area contributed by atoms with Gasteiger partial charge in [-0.3, -0.25) is 0 Å². The van der Waals surface area contributed by atoms with Crippen molar-refractivity contribution in [3.8, 4) is 6.07 Å². The third-order valence-corrected chi connectivity index (χ3v) is 3.91. The topological polar surface area (TPSA) is 36.7 Å². The smallest absolute Gasteiger partial charge is 0.134 e. The van der Waals surface area contributed by atoms with Crippen molar-refractivity contribution >= 4 is 46.2 Å². The number of halogens is 2. The summed E-state index contributed by atoms with van der Waals surface area (Å²) in [5, 5.41) is 12.8. The molecule has 5 heteroatoms. The first-order valence-electron chi connectivity index (χ1n) is 5.10. The standard InChI is InChI=1S/C13H8Cl2N2S/c1-8-7-18-13(17-8)9(6-16)5-10-11(14)3-2-4-12(10)15/h2-5,7H,1H3/b9-5+. The number of hydrogen-bond acceptors (Lipinski definition) is 3. The lowest BCUT2D eigenvalue weighted by Crippen LogP contribution is -1.83. The first kappa shape index (κ1) is 13.1. The Morgan fingerprint density at radius 1 is 1.39 bits per heavy atom. The largest absolute Gasteiger partial charge is 0.241 e. The van der Waals surface area contributed by atoms with Gasteiger partial charge in [-0.25, -0.2) is 4.98 Å². The lowest BCUT2D eigenvalue weighted by molar-refractivity contribution is 1.25. The van der Waals surface area contributed by atoms with Gasteiger partial charge < -0.3 is 0 Å². The highest BCUT2D eigenvalue weighted by Gasteiger charge is 2.09. The maximum absolute atomic E-state index is 9.19. The van der Waals surface area contributed by atoms with Crippen LogP contribution in [0.3, 0.4) is 0 Å². The molecule has 0 bridgehead atoms. The lowest BCUT2D eigenvalue weighted by atomic mass is 10.1. The molecule has 0 amide bonds. The number of nitriles is 1. The second kappa shape index (κ2) is 5.53. The fourth-order valence-corrected chi connectivity index (χ4v) is 2.68. The molecule has 1 heterocycles. The zero-order valence-corrected chi connectivity index (χ0v) is 11.8. The van der Waals surface area contributed by atoms with Gasteiger partial charge in [0.15, 0.2) is 0 Å². The van der Waals surface area contributed by atoms with Crippen molar-refractivity contribution in [3.05, 3.63) is 49.9 Å². The van der Waals surface area contributed by atoms with Crippen LogP contribution in [-0.2, 0) is 0 Å². The number of aryl methyl sites for hydroxylation is 1. The predicted molar refractivity (Wildman–Crippen MR) is 76.8 cm³/mol. The summed E-state index contributed by atoms with van der Waals surface area (Å²) >= 11 is 13.6. The van der Waals surface area contributed by atoms with Crippen LogP contribution in [0.4, 0.5) is 0 Å². The van der Waals surface area contributed by atoms with Crippen LogP contribution in [0.15, 0.2) is 23.6 Å². The van der Waals surface area contributed by atoms with Crippen LogP contribution >= 0.6 is 34.5 Å². The molecule has 2 rings (SSSR count). The average Bonchev–Trinajstić information content (AvgIpc) is 2.76. The molecule has 0 aliphatic carbocycles. The Bertz CT molecular complexity index is 633. The van der Waals surface area contributed by atoms with Crippen molar-refractivity contribution in [1.82, 2.24) is 4.98 Å². The van der Waals surface area contributed by atoms with Gasteiger partial charge in [-0.15, -0.1) is 11.3 Å². The van der Waals surface area contributed by atoms with E-state index < -0.39 is 0 Å². The molecule has 0 unspecified atom stereocenters. The number of allylic oxidation sites excluding steroid dienone is 1. The Balaban J connectivity index is 2.52. The number of aromatic nitrogens is 1. The molecule has 1 aromatic heterocycles. The first-order valence-corrected chi connectivity index (χ1v) is 6.73. The Kier molecular flexibility index (Phi) is 4.03. The van der Waals surface area contributed by atoms with Crippen molar-refractivity contribution in [2.75, 3.05) is 0 Å². The second-order valence-corrected chi connectivity index (χ2v) is 5.27. The summed E-state index contributed by atoms with van der Waals surface area (Å²) in [5.74, 6) is 0. The van der Waals surface area contributed by atoms with Crippen LogP contribution in [0, 0.1) is 18.3 Å². The number of rotatable bonds is 2. The summed E-state index contributed by atoms with van der Waals surface area (Å²) in [4.78, 5) is 4.28. The van der Waals surface area contributed by atoms with E-state index in [9.17, 15) is 5.26 Å². The van der Waals surface area contributed by atoms with Gasteiger partial charge in [0.2, 0.25) is 0 Å². The summed E-state index contributed by atoms with van der Waals surface area (Å²) in [6, 6.07) is 7.37. The third-order valence-electron chi connectivity index (χ3n) is 2.26. The molecule has 2 nitrogen and oxygen atoms in total. The Morgan fingerprint density at radius 2 is 2.06 bits per heavy atom. The molecule has 0 saturated heterocycles. The normalized spacial score (nSPS) is 11.3. The molecule has 0 aliphatic rings. The molecule has 90 valence electrons. The highest BCUT2D eigenvalue weighted by atomic mass is 35.5. The SMILES string of the molecule is Cc1csc(/C(C#N)=C/c2c(Cl)cccc2Cl)n1. The minimum absolute atomic E-state index is 0.461. The third kappa shape index (κ3) is 2.73. The van der Waals surface area contributed by atoms with Crippen molar-refractivity contribution < 1.29 is 0 Å². The Morgan fingerprint density at radius 3 is 2.56 bits per heavy atom. The van der Waals surface area contributed by atoms with Gasteiger partial charge in [0, 0.05) is 26.7 Å². The quantitative estimate of drug-likeness (QED) is 0.744. The van der Waals surface area contributed by atoms with Crippen LogP contribution in [0.2, 0.25) is 10.0 Å². The van der Waals surface area contributed by atoms with E-state index in [0.29, 0.717) is 26.2 Å². The van der Waals surface area contributed by atoms with Gasteiger partial charge in [0.05, 0.1) is 5.57 Å². The summed E-state index contributed by atoms with van der Waals surface area (Å²) < 4.78 is 0. The molecule has 1 aromatic carbocycles. The molecule has 0 fully saturated rings. The number of benzene rings is 1. The van der Waals surface area contributed by atoms with Crippen molar-refractivity contribution in [3.63, 3.8) is 0 Å². The van der Waals surface area contributed by atoms with E-state index in [4.69, 9.17) is 23.2 Å². The van der Waals surface area contributed by atoms with Crippen molar-refractivity contribution in [2.45, 2.75) is 6.92 Å². The lowest BCUT2D eigenvalue weighted by Gasteiger charge is -2.01. The van der Waals surface area contributed by atoms with Gasteiger partial charge in [-0.05, 0) is 25.1 Å². The maximum atomic E-state index is 9.19. The number of thiazole rings is 1. The predicted octanol–water partition coefficient (Wildman–Crippen LogP) is 4.82. The zero-order chi connectivity index (χ0) is 13.1. The van der Waals surface area contributed by atoms with Crippen LogP contribution in [0.5, 0.6) is 0 Å². The van der Waals surface area contributed by atoms with Crippen molar-refractivity contribution in [1.29, 1.82) is 5.26 Å². The molecule has 2 aromatic rings. The maximum Gasteiger partial charge on any atom is 0.134 e. The molecule has 0 radical (unpaired) electrons. The second-order valence-electron chi connectivity index (χ2n) is 3.60. The minimum atomic E-state index is 0.461. The number of hydrogen-bond donors (Lipinski definition) is 0. The fourth-order valence-electron chi connectivity index (χ4n) is 1.41. The van der Waals surface area contributed by atoms with Crippen LogP contribution < -0.4 is 0 Å². The summed E-state index contributed by atoms with van der Waals surface area (Å²) in [6.07, 6.45) is 1.67. The summed E-state index contributed by atoms with van der Waals surface area (Å²) in [7, 11) is 0. The molecule has 0 atom stereocenters. The monoisotopic (exact) mass is 294 g/mol. The summed E-state index contributed by atoms with van der Waals surface area (Å²) in [6.45, 7) is 1.89. The highest BCUT2D eigenvalue weighted by molar-refractivity contribution is 7.11. The van der Waals surface area contributed by atoms with Gasteiger partial charge in [-0.2, -0.15) is 5.26 Å². The van der Waals surface area contributed by atoms with Gasteiger partial charge in [0.1, 0.15) is 11.1 Å². The number of nitrogens with zero attached hydrogens (tertiary/aromatic N) is 2. The van der Waals surface area contributed by atoms with Crippen molar-refractivity contribution in [2.24, 2.45) is 0 Å². The van der Waals surface area contributed by atoms with E-state index in [1.807, 2.05) is 12.3 Å². The van der Waals surface area contributed by atoms with Crippen LogP contribution in [0.25, 0.3) is 11.6 Å². The molecular formula is C13H8Cl2N2S. The van der Waals surface area contributed by atoms with E-state index in [0.717, 1.165) is 5.69 Å². The fraction of sp³-hybridized carbons (Fsp3) is 0.0769. The van der Waals surface area contributed by atoms with Gasteiger partial charge >= 0.3 is 0 Å². The molecule has 0 spiro atoms. The molecule has 0 saturated carbocycles. The molecule has 0 aliphatic heterocycles. The average molecular weight is 295 g/mol. The molecule has 18 heavy (non-hydrogen) atoms. The van der Waals surface area contributed by atoms with E-state index in [-0.39, 0.29) is 0 Å². The molecule has 0 N–H and O–H groups in total. The summed E-state index contributed by atoms with van der Waals surface area (Å²) in [5.41, 5.74) is 2.00. The first-order chi connectivity index (χ1) is 8.61.